The van der Waals surface area contributed by atoms with Crippen LogP contribution < -0.4 is 9.64 Å². The summed E-state index contributed by atoms with van der Waals surface area (Å²) in [6, 6.07) is 13.2. The highest BCUT2D eigenvalue weighted by Crippen LogP contribution is 2.31. The number of methoxy groups -OCH3 is 1. The molecule has 6 nitrogen and oxygen atoms in total. The predicted molar refractivity (Wildman–Crippen MR) is 119 cm³/mol. The van der Waals surface area contributed by atoms with Crippen molar-refractivity contribution in [1.82, 2.24) is 9.88 Å². The van der Waals surface area contributed by atoms with Gasteiger partial charge in [0.05, 0.1) is 30.5 Å². The highest BCUT2D eigenvalue weighted by atomic mass is 79.9. The summed E-state index contributed by atoms with van der Waals surface area (Å²) in [5.74, 6) is 0.672. The van der Waals surface area contributed by atoms with Crippen LogP contribution >= 0.6 is 27.3 Å². The van der Waals surface area contributed by atoms with E-state index in [0.717, 1.165) is 53.3 Å². The number of fused-ring (bicyclic) bond motifs is 1. The average molecular weight is 476 g/mol. The molecule has 0 spiro atoms. The molecular formula is C21H22BrN3O3S. The first-order chi connectivity index (χ1) is 14.1. The van der Waals surface area contributed by atoms with Gasteiger partial charge < -0.3 is 9.47 Å². The van der Waals surface area contributed by atoms with E-state index in [1.807, 2.05) is 30.3 Å². The van der Waals surface area contributed by atoms with Crippen molar-refractivity contribution in [2.24, 2.45) is 0 Å². The molecule has 0 bridgehead atoms. The number of halogens is 1. The largest absolute Gasteiger partial charge is 0.497 e. The fourth-order valence-electron chi connectivity index (χ4n) is 3.24. The summed E-state index contributed by atoms with van der Waals surface area (Å²) in [5, 5.41) is 0.715. The number of ether oxygens (including phenoxy) is 2. The maximum Gasteiger partial charge on any atom is 0.260 e. The van der Waals surface area contributed by atoms with Crippen LogP contribution in [0.5, 0.6) is 5.75 Å². The van der Waals surface area contributed by atoms with Crippen LogP contribution in [-0.2, 0) is 4.74 Å². The normalized spacial score (nSPS) is 14.8. The minimum atomic E-state index is -0.0564. The van der Waals surface area contributed by atoms with Gasteiger partial charge >= 0.3 is 0 Å². The van der Waals surface area contributed by atoms with E-state index >= 15 is 0 Å². The van der Waals surface area contributed by atoms with Crippen molar-refractivity contribution in [3.8, 4) is 5.75 Å². The number of carbonyl (C=O) groups excluding carboxylic acids is 1. The number of hydrogen-bond acceptors (Lipinski definition) is 6. The van der Waals surface area contributed by atoms with E-state index in [1.165, 1.54) is 11.3 Å². The number of nitrogens with zero attached hydrogens (tertiary/aromatic N) is 3. The molecule has 0 unspecified atom stereocenters. The molecule has 0 atom stereocenters. The highest BCUT2D eigenvalue weighted by molar-refractivity contribution is 9.10. The van der Waals surface area contributed by atoms with Crippen LogP contribution in [0, 0.1) is 0 Å². The van der Waals surface area contributed by atoms with Gasteiger partial charge in [0.1, 0.15) is 5.75 Å². The van der Waals surface area contributed by atoms with Gasteiger partial charge in [-0.1, -0.05) is 27.3 Å². The van der Waals surface area contributed by atoms with Gasteiger partial charge in [-0.05, 0) is 42.5 Å². The number of rotatable bonds is 6. The van der Waals surface area contributed by atoms with Gasteiger partial charge in [0.2, 0.25) is 0 Å². The zero-order valence-electron chi connectivity index (χ0n) is 16.1. The second-order valence-corrected chi connectivity index (χ2v) is 8.67. The van der Waals surface area contributed by atoms with Gasteiger partial charge in [-0.25, -0.2) is 4.98 Å². The topological polar surface area (TPSA) is 54.9 Å². The SMILES string of the molecule is COc1ccc(C(=O)N(CCN2CCOCC2)c2nc3ccc(Br)cc3s2)cc1. The molecule has 0 N–H and O–H groups in total. The summed E-state index contributed by atoms with van der Waals surface area (Å²) in [4.78, 5) is 22.2. The Labute approximate surface area is 182 Å². The number of amides is 1. The van der Waals surface area contributed by atoms with Crippen LogP contribution in [0.1, 0.15) is 10.4 Å². The van der Waals surface area contributed by atoms with Crippen molar-refractivity contribution in [3.63, 3.8) is 0 Å². The van der Waals surface area contributed by atoms with Crippen LogP contribution in [0.15, 0.2) is 46.9 Å². The molecule has 2 heterocycles. The molecular weight excluding hydrogens is 454 g/mol. The Morgan fingerprint density at radius 3 is 2.72 bits per heavy atom. The Balaban J connectivity index is 1.61. The third-order valence-electron chi connectivity index (χ3n) is 4.90. The van der Waals surface area contributed by atoms with Gasteiger partial charge in [-0.15, -0.1) is 0 Å². The maximum absolute atomic E-state index is 13.4. The number of thiazole rings is 1. The van der Waals surface area contributed by atoms with E-state index < -0.39 is 0 Å². The van der Waals surface area contributed by atoms with E-state index in [2.05, 4.69) is 20.8 Å². The van der Waals surface area contributed by atoms with E-state index in [4.69, 9.17) is 14.5 Å². The van der Waals surface area contributed by atoms with Gasteiger partial charge in [-0.2, -0.15) is 0 Å². The van der Waals surface area contributed by atoms with Crippen molar-refractivity contribution in [2.75, 3.05) is 51.4 Å². The third kappa shape index (κ3) is 4.78. The summed E-state index contributed by atoms with van der Waals surface area (Å²) in [7, 11) is 1.62. The van der Waals surface area contributed by atoms with Gasteiger partial charge in [0, 0.05) is 36.2 Å². The maximum atomic E-state index is 13.4. The number of benzene rings is 2. The smallest absolute Gasteiger partial charge is 0.260 e. The Bertz CT molecular complexity index is 987. The molecule has 1 amide bonds. The minimum absolute atomic E-state index is 0.0564. The first kappa shape index (κ1) is 20.3. The van der Waals surface area contributed by atoms with Crippen molar-refractivity contribution in [2.45, 2.75) is 0 Å². The van der Waals surface area contributed by atoms with Crippen LogP contribution in [-0.4, -0.2) is 62.3 Å². The molecule has 4 rings (SSSR count). The number of morpholine rings is 1. The predicted octanol–water partition coefficient (Wildman–Crippen LogP) is 4.05. The van der Waals surface area contributed by atoms with Gasteiger partial charge in [0.15, 0.2) is 5.13 Å². The zero-order valence-corrected chi connectivity index (χ0v) is 18.5. The molecule has 8 heteroatoms. The monoisotopic (exact) mass is 475 g/mol. The molecule has 2 aromatic carbocycles. The van der Waals surface area contributed by atoms with Crippen molar-refractivity contribution in [1.29, 1.82) is 0 Å². The number of carbonyl (C=O) groups is 1. The first-order valence-electron chi connectivity index (χ1n) is 9.46. The second kappa shape index (κ2) is 9.21. The Hall–Kier alpha value is -2.00. The molecule has 3 aromatic rings. The van der Waals surface area contributed by atoms with Crippen molar-refractivity contribution < 1.29 is 14.3 Å². The number of hydrogen-bond donors (Lipinski definition) is 0. The molecule has 1 aliphatic rings. The molecule has 152 valence electrons. The lowest BCUT2D eigenvalue weighted by atomic mass is 10.2. The summed E-state index contributed by atoms with van der Waals surface area (Å²) >= 11 is 5.04. The van der Waals surface area contributed by atoms with Gasteiger partial charge in [0.25, 0.3) is 5.91 Å². The van der Waals surface area contributed by atoms with Crippen LogP contribution in [0.3, 0.4) is 0 Å². The lowest BCUT2D eigenvalue weighted by Crippen LogP contribution is -2.43. The summed E-state index contributed by atoms with van der Waals surface area (Å²) < 4.78 is 12.7. The van der Waals surface area contributed by atoms with Crippen LogP contribution in [0.25, 0.3) is 10.2 Å². The van der Waals surface area contributed by atoms with Crippen molar-refractivity contribution >= 4 is 48.5 Å². The second-order valence-electron chi connectivity index (χ2n) is 6.75. The first-order valence-corrected chi connectivity index (χ1v) is 11.1. The molecule has 29 heavy (non-hydrogen) atoms. The standard InChI is InChI=1S/C21H22BrN3O3S/c1-27-17-5-2-15(3-6-17)20(26)25(9-8-24-10-12-28-13-11-24)21-23-18-7-4-16(22)14-19(18)29-21/h2-7,14H,8-13H2,1H3. The summed E-state index contributed by atoms with van der Waals surface area (Å²) in [5.41, 5.74) is 1.51. The van der Waals surface area contributed by atoms with E-state index in [9.17, 15) is 4.79 Å². The minimum Gasteiger partial charge on any atom is -0.497 e. The number of anilines is 1. The quantitative estimate of drug-likeness (QED) is 0.538. The molecule has 0 aliphatic carbocycles. The summed E-state index contributed by atoms with van der Waals surface area (Å²) in [6.07, 6.45) is 0. The number of aromatic nitrogens is 1. The molecule has 0 saturated carbocycles. The van der Waals surface area contributed by atoms with E-state index in [0.29, 0.717) is 17.2 Å². The molecule has 1 saturated heterocycles. The lowest BCUT2D eigenvalue weighted by Gasteiger charge is -2.29. The Morgan fingerprint density at radius 2 is 2.00 bits per heavy atom. The fraction of sp³-hybridized carbons (Fsp3) is 0.333. The van der Waals surface area contributed by atoms with Crippen LogP contribution in [0.2, 0.25) is 0 Å². The van der Waals surface area contributed by atoms with Crippen molar-refractivity contribution in [3.05, 3.63) is 52.5 Å². The molecule has 0 radical (unpaired) electrons. The lowest BCUT2D eigenvalue weighted by molar-refractivity contribution is 0.0391. The van der Waals surface area contributed by atoms with Crippen LogP contribution in [0.4, 0.5) is 5.13 Å². The van der Waals surface area contributed by atoms with E-state index in [-0.39, 0.29) is 5.91 Å². The fourth-order valence-corrected chi connectivity index (χ4v) is 4.78. The molecule has 1 fully saturated rings. The van der Waals surface area contributed by atoms with E-state index in [1.54, 1.807) is 24.1 Å². The molecule has 1 aliphatic heterocycles. The summed E-state index contributed by atoms with van der Waals surface area (Å²) in [6.45, 7) is 4.61. The molecule has 1 aromatic heterocycles. The highest BCUT2D eigenvalue weighted by Gasteiger charge is 2.23. The third-order valence-corrected chi connectivity index (χ3v) is 6.43. The Morgan fingerprint density at radius 1 is 1.24 bits per heavy atom. The average Bonchev–Trinajstić information content (AvgIpc) is 3.17. The zero-order chi connectivity index (χ0) is 20.2. The van der Waals surface area contributed by atoms with Gasteiger partial charge in [-0.3, -0.25) is 14.6 Å². The Kier molecular flexibility index (Phi) is 6.44.